The summed E-state index contributed by atoms with van der Waals surface area (Å²) in [5, 5.41) is 2.76. The Hall–Kier alpha value is -3.58. The van der Waals surface area contributed by atoms with E-state index in [0.29, 0.717) is 28.1 Å². The van der Waals surface area contributed by atoms with E-state index in [0.717, 1.165) is 12.8 Å². The molecule has 1 amide bonds. The topological polar surface area (TPSA) is 75.7 Å². The molecule has 1 aliphatic heterocycles. The number of nitrogens with one attached hydrogen (secondary N) is 1. The van der Waals surface area contributed by atoms with Gasteiger partial charge in [-0.25, -0.2) is 8.42 Å². The Labute approximate surface area is 207 Å². The van der Waals surface area contributed by atoms with Crippen molar-refractivity contribution >= 4 is 27.2 Å². The number of ether oxygens (including phenoxy) is 1. The average molecular weight is 491 g/mol. The van der Waals surface area contributed by atoms with Crippen LogP contribution in [0.2, 0.25) is 0 Å². The van der Waals surface area contributed by atoms with Crippen molar-refractivity contribution in [2.75, 3.05) is 24.0 Å². The summed E-state index contributed by atoms with van der Waals surface area (Å²) in [5.74, 6) is 0.0679. The summed E-state index contributed by atoms with van der Waals surface area (Å²) in [4.78, 5) is 13.1. The second-order valence-electron chi connectivity index (χ2n) is 8.26. The minimum Gasteiger partial charge on any atom is -0.492 e. The Morgan fingerprint density at radius 3 is 2.29 bits per heavy atom. The van der Waals surface area contributed by atoms with Crippen molar-refractivity contribution in [1.29, 1.82) is 0 Å². The Bertz CT molecular complexity index is 1320. The van der Waals surface area contributed by atoms with Gasteiger partial charge >= 0.3 is 0 Å². The molecule has 6 nitrogen and oxygen atoms in total. The third-order valence-electron chi connectivity index (χ3n) is 5.89. The summed E-state index contributed by atoms with van der Waals surface area (Å²) in [6, 6.07) is 24.3. The second-order valence-corrected chi connectivity index (χ2v) is 10.1. The average Bonchev–Trinajstić information content (AvgIpc) is 2.87. The van der Waals surface area contributed by atoms with Crippen LogP contribution in [0.15, 0.2) is 83.8 Å². The minimum atomic E-state index is -4.06. The van der Waals surface area contributed by atoms with Crippen LogP contribution in [-0.2, 0) is 21.2 Å². The van der Waals surface area contributed by atoms with Gasteiger partial charge in [0.1, 0.15) is 12.4 Å². The molecule has 182 valence electrons. The second kappa shape index (κ2) is 10.8. The fraction of sp³-hybridized carbons (Fsp3) is 0.250. The van der Waals surface area contributed by atoms with Gasteiger partial charge in [-0.1, -0.05) is 74.0 Å². The molecule has 0 spiro atoms. The Kier molecular flexibility index (Phi) is 7.56. The molecule has 0 saturated heterocycles. The van der Waals surface area contributed by atoms with Gasteiger partial charge in [0.05, 0.1) is 12.2 Å². The Balaban J connectivity index is 1.60. The molecule has 0 unspecified atom stereocenters. The standard InChI is InChI=1S/C28H30N2O4S/c1-3-10-21-15-17-23(18-16-21)34-20-19-29-28(31)27-26(22-11-6-5-7-12-22)24-13-8-9-14-25(24)30(4-2)35(27,32)33/h5-9,11-18H,3-4,10,19-20H2,1-2H3,(H,29,31). The molecule has 0 aromatic heterocycles. The molecular weight excluding hydrogens is 460 g/mol. The van der Waals surface area contributed by atoms with E-state index < -0.39 is 15.9 Å². The van der Waals surface area contributed by atoms with Gasteiger partial charge in [0.25, 0.3) is 15.9 Å². The van der Waals surface area contributed by atoms with Gasteiger partial charge in [-0.2, -0.15) is 0 Å². The monoisotopic (exact) mass is 490 g/mol. The lowest BCUT2D eigenvalue weighted by Gasteiger charge is -2.32. The number of nitrogens with zero attached hydrogens (tertiary/aromatic N) is 1. The summed E-state index contributed by atoms with van der Waals surface area (Å²) in [7, 11) is -4.06. The lowest BCUT2D eigenvalue weighted by molar-refractivity contribution is -0.116. The van der Waals surface area contributed by atoms with Crippen LogP contribution >= 0.6 is 0 Å². The largest absolute Gasteiger partial charge is 0.492 e. The van der Waals surface area contributed by atoms with Gasteiger partial charge in [-0.05, 0) is 42.7 Å². The number of fused-ring (bicyclic) bond motifs is 1. The van der Waals surface area contributed by atoms with Gasteiger partial charge in [-0.15, -0.1) is 0 Å². The quantitative estimate of drug-likeness (QED) is 0.439. The molecule has 1 aliphatic rings. The number of sulfonamides is 1. The number of anilines is 1. The van der Waals surface area contributed by atoms with Crippen molar-refractivity contribution < 1.29 is 17.9 Å². The van der Waals surface area contributed by atoms with Crippen LogP contribution in [-0.4, -0.2) is 34.0 Å². The molecule has 3 aromatic carbocycles. The number of amides is 1. The van der Waals surface area contributed by atoms with Gasteiger partial charge in [-0.3, -0.25) is 9.10 Å². The highest BCUT2D eigenvalue weighted by Crippen LogP contribution is 2.42. The van der Waals surface area contributed by atoms with Crippen LogP contribution in [0, 0.1) is 0 Å². The van der Waals surface area contributed by atoms with Crippen molar-refractivity contribution in [3.63, 3.8) is 0 Å². The highest BCUT2D eigenvalue weighted by atomic mass is 32.2. The zero-order valence-electron chi connectivity index (χ0n) is 20.0. The molecule has 4 rings (SSSR count). The molecule has 0 aliphatic carbocycles. The first-order valence-corrected chi connectivity index (χ1v) is 13.3. The van der Waals surface area contributed by atoms with Crippen molar-refractivity contribution in [1.82, 2.24) is 5.32 Å². The SMILES string of the molecule is CCCc1ccc(OCCNC(=O)C2=C(c3ccccc3)c3ccccc3N(CC)S2(=O)=O)cc1. The van der Waals surface area contributed by atoms with E-state index in [2.05, 4.69) is 12.2 Å². The maximum atomic E-state index is 13.6. The highest BCUT2D eigenvalue weighted by molar-refractivity contribution is 7.97. The molecule has 3 aromatic rings. The summed E-state index contributed by atoms with van der Waals surface area (Å²) < 4.78 is 34.3. The lowest BCUT2D eigenvalue weighted by atomic mass is 9.95. The first-order chi connectivity index (χ1) is 17.0. The lowest BCUT2D eigenvalue weighted by Crippen LogP contribution is -2.42. The van der Waals surface area contributed by atoms with E-state index >= 15 is 0 Å². The molecule has 0 radical (unpaired) electrons. The number of rotatable bonds is 9. The highest BCUT2D eigenvalue weighted by Gasteiger charge is 2.40. The minimum absolute atomic E-state index is 0.171. The molecular formula is C28H30N2O4S. The van der Waals surface area contributed by atoms with Crippen molar-refractivity contribution in [3.8, 4) is 5.75 Å². The molecule has 1 N–H and O–H groups in total. The fourth-order valence-corrected chi connectivity index (χ4v) is 6.08. The van der Waals surface area contributed by atoms with Crippen LogP contribution < -0.4 is 14.4 Å². The number of aryl methyl sites for hydroxylation is 1. The Morgan fingerprint density at radius 2 is 1.60 bits per heavy atom. The van der Waals surface area contributed by atoms with E-state index in [1.165, 1.54) is 9.87 Å². The summed E-state index contributed by atoms with van der Waals surface area (Å²) in [5.41, 5.74) is 3.62. The third kappa shape index (κ3) is 5.10. The summed E-state index contributed by atoms with van der Waals surface area (Å²) in [6.07, 6.45) is 2.09. The van der Waals surface area contributed by atoms with Gasteiger partial charge < -0.3 is 10.1 Å². The molecule has 0 saturated carbocycles. The van der Waals surface area contributed by atoms with Gasteiger partial charge in [0.15, 0.2) is 4.91 Å². The van der Waals surface area contributed by atoms with E-state index in [9.17, 15) is 13.2 Å². The number of carbonyl (C=O) groups excluding carboxylic acids is 1. The van der Waals surface area contributed by atoms with E-state index in [1.54, 1.807) is 19.1 Å². The summed E-state index contributed by atoms with van der Waals surface area (Å²) >= 11 is 0. The molecule has 0 bridgehead atoms. The maximum Gasteiger partial charge on any atom is 0.270 e. The summed E-state index contributed by atoms with van der Waals surface area (Å²) in [6.45, 7) is 4.51. The number of hydrogen-bond donors (Lipinski definition) is 1. The normalized spacial score (nSPS) is 14.4. The molecule has 7 heteroatoms. The zero-order valence-corrected chi connectivity index (χ0v) is 20.8. The van der Waals surface area contributed by atoms with E-state index in [-0.39, 0.29) is 24.6 Å². The van der Waals surface area contributed by atoms with Crippen LogP contribution in [0.5, 0.6) is 5.75 Å². The molecule has 0 atom stereocenters. The molecule has 1 heterocycles. The number of hydrogen-bond acceptors (Lipinski definition) is 4. The van der Waals surface area contributed by atoms with Crippen LogP contribution in [0.1, 0.15) is 37.0 Å². The number of benzene rings is 3. The van der Waals surface area contributed by atoms with Crippen molar-refractivity contribution in [2.24, 2.45) is 0 Å². The Morgan fingerprint density at radius 1 is 0.914 bits per heavy atom. The van der Waals surface area contributed by atoms with E-state index in [4.69, 9.17) is 4.74 Å². The fourth-order valence-electron chi connectivity index (χ4n) is 4.31. The predicted octanol–water partition coefficient (Wildman–Crippen LogP) is 4.76. The van der Waals surface area contributed by atoms with Gasteiger partial charge in [0, 0.05) is 17.7 Å². The van der Waals surface area contributed by atoms with Crippen LogP contribution in [0.4, 0.5) is 5.69 Å². The van der Waals surface area contributed by atoms with Crippen molar-refractivity contribution in [2.45, 2.75) is 26.7 Å². The van der Waals surface area contributed by atoms with E-state index in [1.807, 2.05) is 66.7 Å². The first kappa shape index (κ1) is 24.5. The van der Waals surface area contributed by atoms with Crippen LogP contribution in [0.25, 0.3) is 5.57 Å². The number of para-hydroxylation sites is 1. The molecule has 35 heavy (non-hydrogen) atoms. The third-order valence-corrected chi connectivity index (χ3v) is 7.83. The first-order valence-electron chi connectivity index (χ1n) is 11.9. The smallest absolute Gasteiger partial charge is 0.270 e. The van der Waals surface area contributed by atoms with Crippen LogP contribution in [0.3, 0.4) is 0 Å². The van der Waals surface area contributed by atoms with Crippen molar-refractivity contribution in [3.05, 3.63) is 100 Å². The maximum absolute atomic E-state index is 13.6. The molecule has 0 fully saturated rings. The number of carbonyl (C=O) groups is 1. The predicted molar refractivity (Wildman–Crippen MR) is 140 cm³/mol. The van der Waals surface area contributed by atoms with Gasteiger partial charge in [0.2, 0.25) is 0 Å². The zero-order chi connectivity index (χ0) is 24.8.